The Morgan fingerprint density at radius 1 is 1.40 bits per heavy atom. The molecule has 0 aromatic carbocycles. The van der Waals surface area contributed by atoms with Crippen molar-refractivity contribution in [3.63, 3.8) is 0 Å². The number of aromatic nitrogens is 4. The van der Waals surface area contributed by atoms with E-state index in [9.17, 15) is 4.39 Å². The normalized spacial score (nSPS) is 15.9. The van der Waals surface area contributed by atoms with E-state index in [1.807, 2.05) is 0 Å². The fourth-order valence-corrected chi connectivity index (χ4v) is 1.86. The number of nitrogens with zero attached hydrogens (tertiary/aromatic N) is 4. The predicted octanol–water partition coefficient (Wildman–Crippen LogP) is 1.87. The summed E-state index contributed by atoms with van der Waals surface area (Å²) in [6.45, 7) is 3.04. The average Bonchev–Trinajstić information content (AvgIpc) is 3.18. The van der Waals surface area contributed by atoms with Crippen molar-refractivity contribution in [3.8, 4) is 11.3 Å². The molecule has 0 atom stereocenters. The number of rotatable bonds is 4. The van der Waals surface area contributed by atoms with Crippen LogP contribution in [0.1, 0.15) is 19.8 Å². The molecular weight excluding hydrogens is 259 g/mol. The van der Waals surface area contributed by atoms with E-state index in [1.165, 1.54) is 19.0 Å². The SMILES string of the molecule is CC1(CNc2cc(-c3nc(N)ncc3F)cnn2)CC1. The third kappa shape index (κ3) is 2.66. The summed E-state index contributed by atoms with van der Waals surface area (Å²) in [5.74, 6) is 0.0951. The highest BCUT2D eigenvalue weighted by Crippen LogP contribution is 2.44. The van der Waals surface area contributed by atoms with E-state index in [0.717, 1.165) is 12.7 Å². The molecule has 1 saturated carbocycles. The molecule has 1 aliphatic carbocycles. The lowest BCUT2D eigenvalue weighted by molar-refractivity contribution is 0.608. The smallest absolute Gasteiger partial charge is 0.220 e. The molecule has 2 aromatic heterocycles. The van der Waals surface area contributed by atoms with Gasteiger partial charge in [0.2, 0.25) is 5.95 Å². The number of halogens is 1. The van der Waals surface area contributed by atoms with Gasteiger partial charge in [0.25, 0.3) is 0 Å². The summed E-state index contributed by atoms with van der Waals surface area (Å²) in [6, 6.07) is 1.71. The molecular formula is C13H15FN6. The van der Waals surface area contributed by atoms with Gasteiger partial charge >= 0.3 is 0 Å². The van der Waals surface area contributed by atoms with Gasteiger partial charge in [-0.3, -0.25) is 0 Å². The minimum atomic E-state index is -0.535. The van der Waals surface area contributed by atoms with Gasteiger partial charge in [0.05, 0.1) is 12.4 Å². The van der Waals surface area contributed by atoms with E-state index in [4.69, 9.17) is 5.73 Å². The Labute approximate surface area is 115 Å². The topological polar surface area (TPSA) is 89.6 Å². The highest BCUT2D eigenvalue weighted by Gasteiger charge is 2.36. The molecule has 3 N–H and O–H groups in total. The van der Waals surface area contributed by atoms with Gasteiger partial charge in [0, 0.05) is 12.1 Å². The molecule has 0 aliphatic heterocycles. The van der Waals surface area contributed by atoms with Crippen LogP contribution in [0.5, 0.6) is 0 Å². The Bertz CT molecular complexity index is 641. The van der Waals surface area contributed by atoms with Crippen LogP contribution >= 0.6 is 0 Å². The van der Waals surface area contributed by atoms with Crippen LogP contribution in [-0.4, -0.2) is 26.7 Å². The summed E-state index contributed by atoms with van der Waals surface area (Å²) in [7, 11) is 0. The van der Waals surface area contributed by atoms with Crippen molar-refractivity contribution in [3.05, 3.63) is 24.3 Å². The third-order valence-electron chi connectivity index (χ3n) is 3.49. The lowest BCUT2D eigenvalue weighted by atomic mass is 10.1. The molecule has 2 heterocycles. The van der Waals surface area contributed by atoms with Crippen LogP contribution in [0, 0.1) is 11.2 Å². The van der Waals surface area contributed by atoms with Gasteiger partial charge in [-0.25, -0.2) is 14.4 Å². The predicted molar refractivity (Wildman–Crippen MR) is 73.3 cm³/mol. The largest absolute Gasteiger partial charge is 0.368 e. The fourth-order valence-electron chi connectivity index (χ4n) is 1.86. The van der Waals surface area contributed by atoms with Crippen molar-refractivity contribution in [2.24, 2.45) is 5.41 Å². The maximum atomic E-state index is 13.7. The Morgan fingerprint density at radius 2 is 2.20 bits per heavy atom. The zero-order valence-electron chi connectivity index (χ0n) is 11.1. The molecule has 0 saturated heterocycles. The summed E-state index contributed by atoms with van der Waals surface area (Å²) in [4.78, 5) is 7.51. The van der Waals surface area contributed by atoms with Gasteiger partial charge in [0.1, 0.15) is 11.5 Å². The van der Waals surface area contributed by atoms with Gasteiger partial charge in [-0.2, -0.15) is 5.10 Å². The number of nitrogen functional groups attached to an aromatic ring is 1. The number of nitrogens with one attached hydrogen (secondary N) is 1. The monoisotopic (exact) mass is 274 g/mol. The van der Waals surface area contributed by atoms with E-state index in [2.05, 4.69) is 32.4 Å². The Kier molecular flexibility index (Phi) is 2.96. The van der Waals surface area contributed by atoms with Crippen molar-refractivity contribution in [1.29, 1.82) is 0 Å². The lowest BCUT2D eigenvalue weighted by Crippen LogP contribution is -2.13. The minimum Gasteiger partial charge on any atom is -0.368 e. The molecule has 2 aromatic rings. The van der Waals surface area contributed by atoms with Crippen LogP contribution in [-0.2, 0) is 0 Å². The quantitative estimate of drug-likeness (QED) is 0.884. The lowest BCUT2D eigenvalue weighted by Gasteiger charge is -2.10. The maximum absolute atomic E-state index is 13.7. The standard InChI is InChI=1S/C13H15FN6/c1-13(2-3-13)7-17-10-4-8(5-18-20-10)11-9(14)6-16-12(15)19-11/h4-6H,2-3,7H2,1H3,(H,17,20)(H2,15,16,19). The molecule has 6 nitrogen and oxygen atoms in total. The number of hydrogen-bond acceptors (Lipinski definition) is 6. The van der Waals surface area contributed by atoms with E-state index >= 15 is 0 Å². The molecule has 1 aliphatic rings. The first-order chi connectivity index (χ1) is 9.56. The van der Waals surface area contributed by atoms with E-state index in [1.54, 1.807) is 6.07 Å². The third-order valence-corrected chi connectivity index (χ3v) is 3.49. The van der Waals surface area contributed by atoms with E-state index in [-0.39, 0.29) is 11.6 Å². The molecule has 0 spiro atoms. The molecule has 3 rings (SSSR count). The second kappa shape index (κ2) is 4.66. The van der Waals surface area contributed by atoms with Crippen molar-refractivity contribution < 1.29 is 4.39 Å². The van der Waals surface area contributed by atoms with Crippen molar-refractivity contribution in [2.75, 3.05) is 17.6 Å². The summed E-state index contributed by atoms with van der Waals surface area (Å²) in [5, 5.41) is 11.1. The number of nitrogens with two attached hydrogens (primary N) is 1. The van der Waals surface area contributed by atoms with Gasteiger partial charge < -0.3 is 11.1 Å². The molecule has 0 unspecified atom stereocenters. The van der Waals surface area contributed by atoms with E-state index < -0.39 is 5.82 Å². The summed E-state index contributed by atoms with van der Waals surface area (Å²) in [5.41, 5.74) is 6.49. The van der Waals surface area contributed by atoms with E-state index in [0.29, 0.717) is 16.8 Å². The van der Waals surface area contributed by atoms with Gasteiger partial charge in [-0.15, -0.1) is 5.10 Å². The van der Waals surface area contributed by atoms with Crippen LogP contribution in [0.2, 0.25) is 0 Å². The van der Waals surface area contributed by atoms with Crippen LogP contribution in [0.25, 0.3) is 11.3 Å². The number of hydrogen-bond donors (Lipinski definition) is 2. The molecule has 104 valence electrons. The molecule has 20 heavy (non-hydrogen) atoms. The highest BCUT2D eigenvalue weighted by atomic mass is 19.1. The molecule has 0 radical (unpaired) electrons. The first-order valence-corrected chi connectivity index (χ1v) is 6.41. The second-order valence-corrected chi connectivity index (χ2v) is 5.42. The van der Waals surface area contributed by atoms with Crippen molar-refractivity contribution in [2.45, 2.75) is 19.8 Å². The zero-order chi connectivity index (χ0) is 14.2. The molecule has 1 fully saturated rings. The first kappa shape index (κ1) is 12.7. The Morgan fingerprint density at radius 3 is 2.95 bits per heavy atom. The highest BCUT2D eigenvalue weighted by molar-refractivity contribution is 5.62. The fraction of sp³-hybridized carbons (Fsp3) is 0.385. The van der Waals surface area contributed by atoms with Crippen LogP contribution < -0.4 is 11.1 Å². The van der Waals surface area contributed by atoms with Crippen LogP contribution in [0.4, 0.5) is 16.2 Å². The van der Waals surface area contributed by atoms with Gasteiger partial charge in [-0.1, -0.05) is 6.92 Å². The summed E-state index contributed by atoms with van der Waals surface area (Å²) < 4.78 is 13.7. The Balaban J connectivity index is 1.84. The maximum Gasteiger partial charge on any atom is 0.220 e. The average molecular weight is 274 g/mol. The molecule has 0 amide bonds. The van der Waals surface area contributed by atoms with Gasteiger partial charge in [0.15, 0.2) is 5.82 Å². The van der Waals surface area contributed by atoms with Gasteiger partial charge in [-0.05, 0) is 24.3 Å². The first-order valence-electron chi connectivity index (χ1n) is 6.41. The van der Waals surface area contributed by atoms with Crippen LogP contribution in [0.3, 0.4) is 0 Å². The molecule has 7 heteroatoms. The zero-order valence-corrected chi connectivity index (χ0v) is 11.1. The minimum absolute atomic E-state index is 0.0261. The number of anilines is 2. The summed E-state index contributed by atoms with van der Waals surface area (Å²) >= 11 is 0. The Hall–Kier alpha value is -2.31. The summed E-state index contributed by atoms with van der Waals surface area (Å²) in [6.07, 6.45) is 4.93. The van der Waals surface area contributed by atoms with Crippen molar-refractivity contribution >= 4 is 11.8 Å². The van der Waals surface area contributed by atoms with Crippen LogP contribution in [0.15, 0.2) is 18.5 Å². The second-order valence-electron chi connectivity index (χ2n) is 5.42. The van der Waals surface area contributed by atoms with Crippen molar-refractivity contribution in [1.82, 2.24) is 20.2 Å². The molecule has 0 bridgehead atoms.